The Hall–Kier alpha value is -3.83. The number of methoxy groups -OCH3 is 2. The molecule has 0 unspecified atom stereocenters. The van der Waals surface area contributed by atoms with E-state index in [9.17, 15) is 9.90 Å². The van der Waals surface area contributed by atoms with Gasteiger partial charge in [-0.3, -0.25) is 19.7 Å². The summed E-state index contributed by atoms with van der Waals surface area (Å²) in [5.74, 6) is 1.21. The van der Waals surface area contributed by atoms with Crippen molar-refractivity contribution in [3.63, 3.8) is 0 Å². The van der Waals surface area contributed by atoms with Crippen molar-refractivity contribution < 1.29 is 19.4 Å². The lowest BCUT2D eigenvalue weighted by atomic mass is 9.97. The first kappa shape index (κ1) is 34.0. The zero-order valence-electron chi connectivity index (χ0n) is 27.4. The van der Waals surface area contributed by atoms with Crippen molar-refractivity contribution in [1.82, 2.24) is 30.2 Å². The highest BCUT2D eigenvalue weighted by molar-refractivity contribution is 6.39. The molecule has 2 N–H and O–H groups in total. The van der Waals surface area contributed by atoms with Gasteiger partial charge in [0, 0.05) is 54.4 Å². The first-order valence-electron chi connectivity index (χ1n) is 16.3. The van der Waals surface area contributed by atoms with Crippen molar-refractivity contribution in [3.8, 4) is 45.4 Å². The normalized spacial score (nSPS) is 19.7. The number of likely N-dealkylation sites (tertiary alicyclic amines) is 1. The molecule has 10 nitrogen and oxygen atoms in total. The van der Waals surface area contributed by atoms with Crippen LogP contribution < -0.4 is 14.8 Å². The second kappa shape index (κ2) is 15.2. The number of ether oxygens (including phenoxy) is 2. The molecule has 0 aliphatic carbocycles. The van der Waals surface area contributed by atoms with Gasteiger partial charge >= 0.3 is 0 Å². The second-order valence-corrected chi connectivity index (χ2v) is 13.3. The predicted octanol–water partition coefficient (Wildman–Crippen LogP) is 6.40. The van der Waals surface area contributed by atoms with Crippen LogP contribution in [0.2, 0.25) is 10.0 Å². The van der Waals surface area contributed by atoms with Crippen molar-refractivity contribution in [1.29, 1.82) is 0 Å². The highest BCUT2D eigenvalue weighted by Gasteiger charge is 2.26. The number of halogens is 2. The summed E-state index contributed by atoms with van der Waals surface area (Å²) in [5, 5.41) is 14.1. The Morgan fingerprint density at radius 2 is 1.48 bits per heavy atom. The number of carbonyl (C=O) groups excluding carboxylic acids is 1. The van der Waals surface area contributed by atoms with Crippen LogP contribution in [0.15, 0.2) is 48.8 Å². The van der Waals surface area contributed by atoms with Crippen LogP contribution in [0.25, 0.3) is 33.6 Å². The minimum Gasteiger partial charge on any atom is -0.480 e. The molecule has 3 atom stereocenters. The van der Waals surface area contributed by atoms with Crippen molar-refractivity contribution in [3.05, 3.63) is 70.2 Å². The van der Waals surface area contributed by atoms with E-state index in [2.05, 4.69) is 22.1 Å². The van der Waals surface area contributed by atoms with Gasteiger partial charge in [-0.1, -0.05) is 66.5 Å². The van der Waals surface area contributed by atoms with E-state index >= 15 is 0 Å². The molecule has 4 aromatic rings. The molecule has 1 amide bonds. The van der Waals surface area contributed by atoms with Crippen molar-refractivity contribution in [2.75, 3.05) is 27.3 Å². The van der Waals surface area contributed by atoms with E-state index in [-0.39, 0.29) is 24.0 Å². The molecule has 2 aliphatic rings. The fraction of sp³-hybridized carbons (Fsp3) is 0.417. The molecule has 6 rings (SSSR count). The Morgan fingerprint density at radius 1 is 0.896 bits per heavy atom. The molecule has 2 aromatic carbocycles. The number of aromatic nitrogens is 4. The summed E-state index contributed by atoms with van der Waals surface area (Å²) in [6.07, 6.45) is 7.81. The van der Waals surface area contributed by atoms with Crippen LogP contribution >= 0.6 is 23.2 Å². The molecule has 0 saturated carbocycles. The molecule has 4 heterocycles. The third kappa shape index (κ3) is 7.42. The Balaban J connectivity index is 1.23. The van der Waals surface area contributed by atoms with E-state index in [0.29, 0.717) is 63.7 Å². The van der Waals surface area contributed by atoms with Crippen molar-refractivity contribution in [2.45, 2.75) is 64.1 Å². The molecular weight excluding hydrogens is 651 g/mol. The van der Waals surface area contributed by atoms with Gasteiger partial charge in [-0.25, -0.2) is 9.97 Å². The summed E-state index contributed by atoms with van der Waals surface area (Å²) < 4.78 is 11.3. The Kier molecular flexibility index (Phi) is 10.8. The fourth-order valence-electron chi connectivity index (χ4n) is 6.52. The topological polar surface area (TPSA) is 123 Å². The van der Waals surface area contributed by atoms with E-state index in [1.54, 1.807) is 26.6 Å². The van der Waals surface area contributed by atoms with E-state index < -0.39 is 0 Å². The van der Waals surface area contributed by atoms with E-state index in [0.717, 1.165) is 61.3 Å². The summed E-state index contributed by atoms with van der Waals surface area (Å²) in [4.78, 5) is 32.7. The molecule has 2 saturated heterocycles. The molecular formula is C36H40Cl2N6O4. The number of aliphatic hydroxyl groups excluding tert-OH is 1. The second-order valence-electron chi connectivity index (χ2n) is 12.5. The number of hydrogen-bond donors (Lipinski definition) is 2. The number of nitrogens with one attached hydrogen (secondary N) is 1. The van der Waals surface area contributed by atoms with Gasteiger partial charge in [-0.15, -0.1) is 0 Å². The molecule has 2 aromatic heterocycles. The van der Waals surface area contributed by atoms with Crippen LogP contribution in [0.4, 0.5) is 0 Å². The smallest absolute Gasteiger partial charge is 0.237 e. The first-order chi connectivity index (χ1) is 23.2. The Bertz CT molecular complexity index is 1790. The van der Waals surface area contributed by atoms with Crippen LogP contribution in [-0.4, -0.2) is 75.3 Å². The molecule has 12 heteroatoms. The van der Waals surface area contributed by atoms with Gasteiger partial charge in [0.05, 0.1) is 54.2 Å². The van der Waals surface area contributed by atoms with E-state index in [1.807, 2.05) is 36.4 Å². The third-order valence-corrected chi connectivity index (χ3v) is 10.0. The zero-order valence-corrected chi connectivity index (χ0v) is 28.9. The lowest BCUT2D eigenvalue weighted by Crippen LogP contribution is -2.41. The first-order valence-corrected chi connectivity index (χ1v) is 17.1. The van der Waals surface area contributed by atoms with Gasteiger partial charge in [0.25, 0.3) is 0 Å². The number of hydrogen-bond acceptors (Lipinski definition) is 9. The minimum absolute atomic E-state index is 0.123. The molecule has 2 aliphatic heterocycles. The fourth-order valence-corrected chi connectivity index (χ4v) is 7.17. The maximum atomic E-state index is 11.5. The summed E-state index contributed by atoms with van der Waals surface area (Å²) in [5.41, 5.74) is 5.54. The van der Waals surface area contributed by atoms with Gasteiger partial charge in [0.2, 0.25) is 17.7 Å². The molecule has 48 heavy (non-hydrogen) atoms. The Morgan fingerprint density at radius 3 is 2.04 bits per heavy atom. The zero-order chi connectivity index (χ0) is 33.8. The lowest BCUT2D eigenvalue weighted by Gasteiger charge is -2.34. The maximum absolute atomic E-state index is 11.5. The van der Waals surface area contributed by atoms with E-state index in [1.165, 1.54) is 0 Å². The van der Waals surface area contributed by atoms with E-state index in [4.69, 9.17) is 47.6 Å². The van der Waals surface area contributed by atoms with Gasteiger partial charge in [-0.05, 0) is 38.0 Å². The number of nitrogens with zero attached hydrogens (tertiary/aromatic N) is 5. The summed E-state index contributed by atoms with van der Waals surface area (Å²) in [6, 6.07) is 11.7. The molecule has 0 spiro atoms. The lowest BCUT2D eigenvalue weighted by molar-refractivity contribution is -0.119. The quantitative estimate of drug-likeness (QED) is 0.184. The average molecular weight is 692 g/mol. The predicted molar refractivity (Wildman–Crippen MR) is 186 cm³/mol. The number of aliphatic hydroxyl groups is 1. The van der Waals surface area contributed by atoms with Gasteiger partial charge in [0.15, 0.2) is 0 Å². The van der Waals surface area contributed by atoms with Crippen molar-refractivity contribution >= 4 is 29.1 Å². The number of benzene rings is 2. The highest BCUT2D eigenvalue weighted by atomic mass is 35.5. The largest absolute Gasteiger partial charge is 0.480 e. The van der Waals surface area contributed by atoms with Gasteiger partial charge in [-0.2, -0.15) is 0 Å². The van der Waals surface area contributed by atoms with Crippen LogP contribution in [0.1, 0.15) is 50.4 Å². The number of rotatable bonds is 11. The number of amides is 1. The monoisotopic (exact) mass is 690 g/mol. The molecule has 0 bridgehead atoms. The van der Waals surface area contributed by atoms with Crippen molar-refractivity contribution in [2.24, 2.45) is 5.92 Å². The van der Waals surface area contributed by atoms with Crippen LogP contribution in [0.3, 0.4) is 0 Å². The third-order valence-electron chi connectivity index (χ3n) is 9.22. The average Bonchev–Trinajstić information content (AvgIpc) is 3.51. The summed E-state index contributed by atoms with van der Waals surface area (Å²) in [7, 11) is 3.17. The highest BCUT2D eigenvalue weighted by Crippen LogP contribution is 2.42. The minimum atomic E-state index is -0.272. The SMILES string of the molecule is COc1nc(-c2cccc(-c3cccc(-c4cnc(CN5CC[C@@H](O)[C@H](C)C5)c(OC)n4)c3Cl)c2Cl)cnc1CCC[C@@H]1CCC(=O)N1. The van der Waals surface area contributed by atoms with Crippen LogP contribution in [-0.2, 0) is 17.8 Å². The summed E-state index contributed by atoms with van der Waals surface area (Å²) in [6.45, 7) is 4.21. The standard InChI is InChI=1S/C36H40Cl2N6O4/c1-21-19-44(16-15-31(21)45)20-30-36(48-3)43-29(18-40-30)26-11-6-9-24(34(26)38)23-8-5-10-25(33(23)37)28-17-39-27(35(42-28)47-2)12-4-7-22-13-14-32(46)41-22/h5-6,8-11,17-18,21-22,31,45H,4,7,12-16,19-20H2,1-3H3,(H,41,46)/t21-,22-,31-/m1/s1. The van der Waals surface area contributed by atoms with Crippen LogP contribution in [0.5, 0.6) is 11.8 Å². The molecule has 252 valence electrons. The number of carbonyl (C=O) groups is 1. The maximum Gasteiger partial charge on any atom is 0.237 e. The Labute approximate surface area is 290 Å². The van der Waals surface area contributed by atoms with Gasteiger partial charge < -0.3 is 19.9 Å². The van der Waals surface area contributed by atoms with Gasteiger partial charge in [0.1, 0.15) is 11.4 Å². The summed E-state index contributed by atoms with van der Waals surface area (Å²) >= 11 is 14.1. The number of aryl methyl sites for hydroxylation is 1. The molecule has 0 radical (unpaired) electrons. The number of piperidine rings is 1. The molecule has 2 fully saturated rings. The van der Waals surface area contributed by atoms with Crippen LogP contribution in [0, 0.1) is 5.92 Å².